The van der Waals surface area contributed by atoms with Gasteiger partial charge in [0.15, 0.2) is 5.82 Å². The van der Waals surface area contributed by atoms with E-state index >= 15 is 0 Å². The van der Waals surface area contributed by atoms with Crippen molar-refractivity contribution >= 4 is 11.4 Å². The van der Waals surface area contributed by atoms with Crippen molar-refractivity contribution in [2.24, 2.45) is 7.05 Å². The number of aryl methyl sites for hydroxylation is 3. The van der Waals surface area contributed by atoms with Crippen LogP contribution in [0.3, 0.4) is 0 Å². The van der Waals surface area contributed by atoms with Crippen molar-refractivity contribution in [2.75, 3.05) is 0 Å². The van der Waals surface area contributed by atoms with E-state index in [1.807, 2.05) is 18.3 Å². The highest BCUT2D eigenvalue weighted by Gasteiger charge is 2.21. The van der Waals surface area contributed by atoms with Crippen LogP contribution >= 0.6 is 0 Å². The second-order valence-electron chi connectivity index (χ2n) is 5.34. The summed E-state index contributed by atoms with van der Waals surface area (Å²) in [5, 5.41) is 14.6. The van der Waals surface area contributed by atoms with Gasteiger partial charge in [-0.3, -0.25) is 4.79 Å². The average molecular weight is 312 g/mol. The topological polar surface area (TPSA) is 77.1 Å². The smallest absolute Gasteiger partial charge is 0.253 e. The third-order valence-corrected chi connectivity index (χ3v) is 3.92. The van der Waals surface area contributed by atoms with Gasteiger partial charge in [0, 0.05) is 17.4 Å². The first-order valence-corrected chi connectivity index (χ1v) is 7.77. The number of pyridine rings is 1. The van der Waals surface area contributed by atoms with Gasteiger partial charge in [0.05, 0.1) is 19.2 Å². The average Bonchev–Trinajstić information content (AvgIpc) is 3.12. The summed E-state index contributed by atoms with van der Waals surface area (Å²) < 4.78 is 2.11. The Labute approximate surface area is 134 Å². The van der Waals surface area contributed by atoms with Crippen LogP contribution in [0.25, 0.3) is 5.52 Å². The fourth-order valence-electron chi connectivity index (χ4n) is 2.96. The number of amides is 1. The molecule has 0 aliphatic rings. The lowest BCUT2D eigenvalue weighted by molar-refractivity contribution is 0.0948. The maximum Gasteiger partial charge on any atom is 0.253 e. The molecule has 120 valence electrons. The minimum absolute atomic E-state index is 0.0881. The number of rotatable bonds is 5. The van der Waals surface area contributed by atoms with Crippen LogP contribution in [-0.4, -0.2) is 30.5 Å². The maximum atomic E-state index is 12.7. The molecule has 3 aromatic rings. The molecule has 0 saturated carbocycles. The van der Waals surface area contributed by atoms with Crippen molar-refractivity contribution in [3.05, 3.63) is 47.0 Å². The Kier molecular flexibility index (Phi) is 4.10. The van der Waals surface area contributed by atoms with Gasteiger partial charge in [-0.2, -0.15) is 4.80 Å². The lowest BCUT2D eigenvalue weighted by Crippen LogP contribution is -2.25. The van der Waals surface area contributed by atoms with Gasteiger partial charge in [0.1, 0.15) is 0 Å². The van der Waals surface area contributed by atoms with Crippen LogP contribution in [0.4, 0.5) is 0 Å². The van der Waals surface area contributed by atoms with Crippen LogP contribution in [0, 0.1) is 0 Å². The summed E-state index contributed by atoms with van der Waals surface area (Å²) in [6, 6.07) is 6.04. The molecule has 3 rings (SSSR count). The SMILES string of the molecule is CCc1c(C(=O)NCc2nnn(C)n2)c(CC)n2ccccc12. The number of tetrazole rings is 1. The second-order valence-corrected chi connectivity index (χ2v) is 5.34. The van der Waals surface area contributed by atoms with E-state index in [2.05, 4.69) is 45.0 Å². The van der Waals surface area contributed by atoms with E-state index in [4.69, 9.17) is 0 Å². The number of fused-ring (bicyclic) bond motifs is 1. The summed E-state index contributed by atoms with van der Waals surface area (Å²) in [6.07, 6.45) is 3.60. The zero-order valence-corrected chi connectivity index (χ0v) is 13.6. The van der Waals surface area contributed by atoms with E-state index in [0.717, 1.165) is 35.2 Å². The normalized spacial score (nSPS) is 11.1. The highest BCUT2D eigenvalue weighted by atomic mass is 16.1. The molecule has 7 nitrogen and oxygen atoms in total. The molecule has 23 heavy (non-hydrogen) atoms. The van der Waals surface area contributed by atoms with E-state index in [1.54, 1.807) is 7.05 Å². The molecular formula is C16H20N6O. The molecular weight excluding hydrogens is 292 g/mol. The Morgan fingerprint density at radius 1 is 1.26 bits per heavy atom. The number of carbonyl (C=O) groups excluding carboxylic acids is 1. The third-order valence-electron chi connectivity index (χ3n) is 3.92. The second kappa shape index (κ2) is 6.20. The lowest BCUT2D eigenvalue weighted by atomic mass is 10.1. The van der Waals surface area contributed by atoms with Crippen LogP contribution in [-0.2, 0) is 26.4 Å². The van der Waals surface area contributed by atoms with Gasteiger partial charge in [-0.1, -0.05) is 19.9 Å². The van der Waals surface area contributed by atoms with Gasteiger partial charge in [0.25, 0.3) is 5.91 Å². The monoisotopic (exact) mass is 312 g/mol. The van der Waals surface area contributed by atoms with Crippen molar-refractivity contribution in [1.82, 2.24) is 29.9 Å². The Bertz CT molecular complexity index is 806. The molecule has 0 aromatic carbocycles. The van der Waals surface area contributed by atoms with Crippen molar-refractivity contribution in [1.29, 1.82) is 0 Å². The molecule has 1 amide bonds. The van der Waals surface area contributed by atoms with E-state index in [0.29, 0.717) is 5.82 Å². The molecule has 0 saturated heterocycles. The van der Waals surface area contributed by atoms with E-state index in [-0.39, 0.29) is 12.5 Å². The van der Waals surface area contributed by atoms with Crippen LogP contribution < -0.4 is 5.32 Å². The van der Waals surface area contributed by atoms with E-state index in [9.17, 15) is 4.79 Å². The molecule has 0 unspecified atom stereocenters. The maximum absolute atomic E-state index is 12.7. The van der Waals surface area contributed by atoms with Gasteiger partial charge in [-0.15, -0.1) is 10.2 Å². The molecule has 1 N–H and O–H groups in total. The summed E-state index contributed by atoms with van der Waals surface area (Å²) in [6.45, 7) is 4.41. The number of aromatic nitrogens is 5. The zero-order valence-electron chi connectivity index (χ0n) is 13.6. The van der Waals surface area contributed by atoms with Gasteiger partial charge in [-0.05, 0) is 35.8 Å². The summed E-state index contributed by atoms with van der Waals surface area (Å²) in [7, 11) is 1.70. The minimum atomic E-state index is -0.0881. The quantitative estimate of drug-likeness (QED) is 0.775. The summed E-state index contributed by atoms with van der Waals surface area (Å²) in [5.41, 5.74) is 3.97. The fourth-order valence-corrected chi connectivity index (χ4v) is 2.96. The van der Waals surface area contributed by atoms with E-state index in [1.165, 1.54) is 4.80 Å². The highest BCUT2D eigenvalue weighted by Crippen LogP contribution is 2.25. The first-order chi connectivity index (χ1) is 11.2. The minimum Gasteiger partial charge on any atom is -0.345 e. The molecule has 0 aliphatic heterocycles. The first kappa shape index (κ1) is 15.2. The summed E-state index contributed by atoms with van der Waals surface area (Å²) in [4.78, 5) is 14.1. The summed E-state index contributed by atoms with van der Waals surface area (Å²) >= 11 is 0. The molecule has 0 radical (unpaired) electrons. The summed E-state index contributed by atoms with van der Waals surface area (Å²) in [5.74, 6) is 0.413. The fraction of sp³-hybridized carbons (Fsp3) is 0.375. The molecule has 0 bridgehead atoms. The van der Waals surface area contributed by atoms with Gasteiger partial charge in [-0.25, -0.2) is 0 Å². The standard InChI is InChI=1S/C16H20N6O/c1-4-11-13-8-6-7-9-22(13)12(5-2)15(11)16(23)17-10-14-18-20-21(3)19-14/h6-9H,4-5,10H2,1-3H3,(H,17,23). The molecule has 0 atom stereocenters. The van der Waals surface area contributed by atoms with Crippen LogP contribution in [0.15, 0.2) is 24.4 Å². The first-order valence-electron chi connectivity index (χ1n) is 7.77. The molecule has 7 heteroatoms. The zero-order chi connectivity index (χ0) is 16.4. The predicted octanol–water partition coefficient (Wildman–Crippen LogP) is 1.52. The van der Waals surface area contributed by atoms with Crippen LogP contribution in [0.5, 0.6) is 0 Å². The number of carbonyl (C=O) groups is 1. The lowest BCUT2D eigenvalue weighted by Gasteiger charge is -2.06. The Balaban J connectivity index is 1.95. The molecule has 3 aromatic heterocycles. The molecule has 0 aliphatic carbocycles. The Hall–Kier alpha value is -2.70. The Morgan fingerprint density at radius 2 is 2.09 bits per heavy atom. The largest absolute Gasteiger partial charge is 0.345 e. The van der Waals surface area contributed by atoms with Crippen molar-refractivity contribution < 1.29 is 4.79 Å². The predicted molar refractivity (Wildman–Crippen MR) is 86.1 cm³/mol. The van der Waals surface area contributed by atoms with Gasteiger partial charge < -0.3 is 9.72 Å². The molecule has 3 heterocycles. The van der Waals surface area contributed by atoms with E-state index < -0.39 is 0 Å². The van der Waals surface area contributed by atoms with Crippen LogP contribution in [0.1, 0.15) is 41.3 Å². The van der Waals surface area contributed by atoms with Crippen LogP contribution in [0.2, 0.25) is 0 Å². The number of hydrogen-bond acceptors (Lipinski definition) is 4. The third kappa shape index (κ3) is 2.69. The highest BCUT2D eigenvalue weighted by molar-refractivity contribution is 5.99. The van der Waals surface area contributed by atoms with Gasteiger partial charge in [0.2, 0.25) is 0 Å². The van der Waals surface area contributed by atoms with Crippen molar-refractivity contribution in [3.8, 4) is 0 Å². The number of hydrogen-bond donors (Lipinski definition) is 1. The number of nitrogens with zero attached hydrogens (tertiary/aromatic N) is 5. The molecule has 0 fully saturated rings. The van der Waals surface area contributed by atoms with Crippen molar-refractivity contribution in [3.63, 3.8) is 0 Å². The number of nitrogens with one attached hydrogen (secondary N) is 1. The van der Waals surface area contributed by atoms with Crippen molar-refractivity contribution in [2.45, 2.75) is 33.2 Å². The molecule has 0 spiro atoms. The Morgan fingerprint density at radius 3 is 2.74 bits per heavy atom. The van der Waals surface area contributed by atoms with Gasteiger partial charge >= 0.3 is 0 Å².